The first-order chi connectivity index (χ1) is 6.61. The van der Waals surface area contributed by atoms with E-state index in [4.69, 9.17) is 11.1 Å². The fraction of sp³-hybridized carbons (Fsp3) is 0.571. The molecular formula is C7H12N4S3. The quantitative estimate of drug-likeness (QED) is 0.474. The molecule has 1 rings (SSSR count). The average molecular weight is 248 g/mol. The summed E-state index contributed by atoms with van der Waals surface area (Å²) in [5, 5.41) is 15.5. The van der Waals surface area contributed by atoms with Crippen molar-refractivity contribution in [1.82, 2.24) is 10.2 Å². The van der Waals surface area contributed by atoms with Gasteiger partial charge in [-0.3, -0.25) is 5.41 Å². The van der Waals surface area contributed by atoms with Gasteiger partial charge in [0.05, 0.1) is 5.84 Å². The van der Waals surface area contributed by atoms with E-state index in [1.54, 1.807) is 34.9 Å². The summed E-state index contributed by atoms with van der Waals surface area (Å²) in [5.41, 5.74) is 5.31. The third kappa shape index (κ3) is 3.85. The van der Waals surface area contributed by atoms with Gasteiger partial charge in [-0.05, 0) is 6.26 Å². The largest absolute Gasteiger partial charge is 0.388 e. The predicted molar refractivity (Wildman–Crippen MR) is 63.5 cm³/mol. The molecule has 0 amide bonds. The molecule has 0 saturated heterocycles. The summed E-state index contributed by atoms with van der Waals surface area (Å²) in [5.74, 6) is 0.222. The molecule has 1 unspecified atom stereocenters. The van der Waals surface area contributed by atoms with E-state index in [0.717, 1.165) is 8.68 Å². The van der Waals surface area contributed by atoms with Crippen molar-refractivity contribution in [2.24, 2.45) is 5.73 Å². The van der Waals surface area contributed by atoms with Crippen molar-refractivity contribution in [2.75, 3.05) is 6.26 Å². The number of nitrogens with zero attached hydrogens (tertiary/aromatic N) is 2. The van der Waals surface area contributed by atoms with Gasteiger partial charge in [0.15, 0.2) is 8.68 Å². The van der Waals surface area contributed by atoms with Gasteiger partial charge in [-0.2, -0.15) is 0 Å². The van der Waals surface area contributed by atoms with E-state index in [2.05, 4.69) is 10.2 Å². The zero-order chi connectivity index (χ0) is 10.6. The van der Waals surface area contributed by atoms with Crippen molar-refractivity contribution in [2.45, 2.75) is 27.3 Å². The Morgan fingerprint density at radius 2 is 2.21 bits per heavy atom. The molecule has 0 saturated carbocycles. The fourth-order valence-corrected chi connectivity index (χ4v) is 3.63. The van der Waals surface area contributed by atoms with Crippen molar-refractivity contribution in [1.29, 1.82) is 5.41 Å². The average Bonchev–Trinajstić information content (AvgIpc) is 2.50. The van der Waals surface area contributed by atoms with Crippen LogP contribution in [0.5, 0.6) is 0 Å². The number of hydrogen-bond acceptors (Lipinski definition) is 6. The summed E-state index contributed by atoms with van der Waals surface area (Å²) < 4.78 is 1.92. The highest BCUT2D eigenvalue weighted by Crippen LogP contribution is 2.30. The van der Waals surface area contributed by atoms with Crippen molar-refractivity contribution in [3.63, 3.8) is 0 Å². The van der Waals surface area contributed by atoms with Gasteiger partial charge in [-0.1, -0.05) is 41.8 Å². The number of amidine groups is 1. The predicted octanol–water partition coefficient (Wildman–Crippen LogP) is 2.07. The third-order valence-corrected chi connectivity index (χ3v) is 4.46. The number of aromatic nitrogens is 2. The Morgan fingerprint density at radius 3 is 2.71 bits per heavy atom. The molecule has 0 bridgehead atoms. The second kappa shape index (κ2) is 5.57. The summed E-state index contributed by atoms with van der Waals surface area (Å²) in [6, 6.07) is 0. The normalized spacial score (nSPS) is 12.7. The van der Waals surface area contributed by atoms with E-state index in [1.807, 2.05) is 13.2 Å². The molecule has 1 atom stereocenters. The van der Waals surface area contributed by atoms with Crippen molar-refractivity contribution >= 4 is 40.7 Å². The zero-order valence-electron chi connectivity index (χ0n) is 7.98. The van der Waals surface area contributed by atoms with Crippen molar-refractivity contribution < 1.29 is 0 Å². The maximum absolute atomic E-state index is 7.16. The monoisotopic (exact) mass is 248 g/mol. The van der Waals surface area contributed by atoms with E-state index in [9.17, 15) is 0 Å². The van der Waals surface area contributed by atoms with Crippen LogP contribution in [0, 0.1) is 5.41 Å². The van der Waals surface area contributed by atoms with E-state index in [-0.39, 0.29) is 11.1 Å². The minimum absolute atomic E-state index is 0.222. The smallest absolute Gasteiger partial charge is 0.175 e. The fourth-order valence-electron chi connectivity index (χ4n) is 0.851. The molecule has 0 aliphatic heterocycles. The van der Waals surface area contributed by atoms with Gasteiger partial charge < -0.3 is 5.73 Å². The summed E-state index contributed by atoms with van der Waals surface area (Å²) in [6.45, 7) is 2.03. The minimum atomic E-state index is 0.222. The van der Waals surface area contributed by atoms with Crippen LogP contribution < -0.4 is 5.73 Å². The SMILES string of the molecule is CSc1nnc(SC(C)CC(=N)N)s1. The standard InChI is InChI=1S/C7H12N4S3/c1-4(3-5(8)9)13-7-11-10-6(12-2)14-7/h4H,3H2,1-2H3,(H3,8,9). The maximum atomic E-state index is 7.16. The highest BCUT2D eigenvalue weighted by Gasteiger charge is 2.10. The Bertz CT molecular complexity index is 312. The van der Waals surface area contributed by atoms with Crippen LogP contribution in [-0.4, -0.2) is 27.5 Å². The molecule has 78 valence electrons. The first-order valence-corrected chi connectivity index (χ1v) is 6.91. The molecule has 7 heteroatoms. The van der Waals surface area contributed by atoms with E-state index in [1.165, 1.54) is 0 Å². The summed E-state index contributed by atoms with van der Waals surface area (Å²) >= 11 is 4.79. The van der Waals surface area contributed by atoms with Gasteiger partial charge in [0, 0.05) is 11.7 Å². The topological polar surface area (TPSA) is 75.7 Å². The van der Waals surface area contributed by atoms with E-state index < -0.39 is 0 Å². The molecule has 0 fully saturated rings. The van der Waals surface area contributed by atoms with Crippen molar-refractivity contribution in [3.8, 4) is 0 Å². The van der Waals surface area contributed by atoms with Gasteiger partial charge in [-0.15, -0.1) is 10.2 Å². The molecule has 4 nitrogen and oxygen atoms in total. The number of hydrogen-bond donors (Lipinski definition) is 2. The van der Waals surface area contributed by atoms with Crippen LogP contribution >= 0.6 is 34.9 Å². The molecule has 0 aliphatic rings. The minimum Gasteiger partial charge on any atom is -0.388 e. The highest BCUT2D eigenvalue weighted by atomic mass is 32.2. The van der Waals surface area contributed by atoms with Crippen LogP contribution in [0.25, 0.3) is 0 Å². The zero-order valence-corrected chi connectivity index (χ0v) is 10.4. The second-order valence-electron chi connectivity index (χ2n) is 2.70. The van der Waals surface area contributed by atoms with Gasteiger partial charge in [-0.25, -0.2) is 0 Å². The first kappa shape index (κ1) is 11.8. The summed E-state index contributed by atoms with van der Waals surface area (Å²) in [6.07, 6.45) is 2.58. The number of rotatable bonds is 5. The van der Waals surface area contributed by atoms with Gasteiger partial charge in [0.1, 0.15) is 0 Å². The lowest BCUT2D eigenvalue weighted by molar-refractivity contribution is 0.942. The lowest BCUT2D eigenvalue weighted by Gasteiger charge is -2.05. The molecule has 0 spiro atoms. The molecule has 14 heavy (non-hydrogen) atoms. The van der Waals surface area contributed by atoms with E-state index in [0.29, 0.717) is 6.42 Å². The van der Waals surface area contributed by atoms with E-state index >= 15 is 0 Å². The second-order valence-corrected chi connectivity index (χ2v) is 6.41. The molecule has 0 radical (unpaired) electrons. The molecule has 1 heterocycles. The first-order valence-electron chi connectivity index (χ1n) is 3.99. The molecule has 1 aromatic rings. The summed E-state index contributed by atoms with van der Waals surface area (Å²) in [7, 11) is 0. The van der Waals surface area contributed by atoms with Crippen molar-refractivity contribution in [3.05, 3.63) is 0 Å². The molecule has 3 N–H and O–H groups in total. The summed E-state index contributed by atoms with van der Waals surface area (Å²) in [4.78, 5) is 0. The van der Waals surface area contributed by atoms with Crippen LogP contribution in [0.4, 0.5) is 0 Å². The van der Waals surface area contributed by atoms with Crippen LogP contribution in [0.2, 0.25) is 0 Å². The van der Waals surface area contributed by atoms with Gasteiger partial charge in [0.25, 0.3) is 0 Å². The Hall–Kier alpha value is -0.270. The Morgan fingerprint density at radius 1 is 1.57 bits per heavy atom. The highest BCUT2D eigenvalue weighted by molar-refractivity contribution is 8.03. The van der Waals surface area contributed by atoms with Crippen LogP contribution in [-0.2, 0) is 0 Å². The number of thioether (sulfide) groups is 2. The molecular weight excluding hydrogens is 236 g/mol. The van der Waals surface area contributed by atoms with Crippen LogP contribution in [0.1, 0.15) is 13.3 Å². The third-order valence-electron chi connectivity index (χ3n) is 1.37. The lowest BCUT2D eigenvalue weighted by Crippen LogP contribution is -2.14. The molecule has 0 aliphatic carbocycles. The molecule has 1 aromatic heterocycles. The van der Waals surface area contributed by atoms with Crippen LogP contribution in [0.3, 0.4) is 0 Å². The molecule has 0 aromatic carbocycles. The number of nitrogens with two attached hydrogens (primary N) is 1. The Balaban J connectivity index is 2.47. The number of nitrogens with one attached hydrogen (secondary N) is 1. The maximum Gasteiger partial charge on any atom is 0.175 e. The van der Waals surface area contributed by atoms with Gasteiger partial charge >= 0.3 is 0 Å². The van der Waals surface area contributed by atoms with Crippen LogP contribution in [0.15, 0.2) is 8.68 Å². The van der Waals surface area contributed by atoms with Gasteiger partial charge in [0.2, 0.25) is 0 Å². The Kier molecular flexibility index (Phi) is 4.70. The lowest BCUT2D eigenvalue weighted by atomic mass is 10.3. The Labute approximate surface area is 95.6 Å².